The molecule has 1 aliphatic heterocycles. The van der Waals surface area contributed by atoms with Gasteiger partial charge in [-0.15, -0.1) is 11.8 Å². The third-order valence-corrected chi connectivity index (χ3v) is 3.75. The number of carbonyl (C=O) groups is 1. The molecule has 3 nitrogen and oxygen atoms in total. The normalized spacial score (nSPS) is 16.3. The molecule has 0 aliphatic carbocycles. The quantitative estimate of drug-likeness (QED) is 0.620. The number of ether oxygens (including phenoxy) is 2. The Bertz CT molecular complexity index is 506. The lowest BCUT2D eigenvalue weighted by Gasteiger charge is -2.20. The van der Waals surface area contributed by atoms with E-state index in [1.807, 2.05) is 18.2 Å². The van der Waals surface area contributed by atoms with Crippen LogP contribution in [-0.4, -0.2) is 25.4 Å². The Labute approximate surface area is 110 Å². The average Bonchev–Trinajstić information content (AvgIpc) is 2.41. The first kappa shape index (κ1) is 12.8. The fraction of sp³-hybridized carbons (Fsp3) is 0.214. The number of carbonyl (C=O) groups excluding carboxylic acids is 1. The van der Waals surface area contributed by atoms with Gasteiger partial charge in [0.05, 0.1) is 13.4 Å². The van der Waals surface area contributed by atoms with Crippen molar-refractivity contribution in [2.75, 3.05) is 19.5 Å². The molecule has 0 bridgehead atoms. The summed E-state index contributed by atoms with van der Waals surface area (Å²) in [5.41, 5.74) is 3.06. The molecular formula is C14H14O3S. The van der Waals surface area contributed by atoms with Gasteiger partial charge < -0.3 is 9.47 Å². The predicted molar refractivity (Wildman–Crippen MR) is 72.3 cm³/mol. The zero-order chi connectivity index (χ0) is 13.0. The van der Waals surface area contributed by atoms with Crippen LogP contribution >= 0.6 is 11.8 Å². The summed E-state index contributed by atoms with van der Waals surface area (Å²) in [7, 11) is 1.34. The summed E-state index contributed by atoms with van der Waals surface area (Å²) >= 11 is 1.76. The van der Waals surface area contributed by atoms with E-state index in [9.17, 15) is 4.79 Å². The van der Waals surface area contributed by atoms with Crippen LogP contribution in [0.4, 0.5) is 0 Å². The highest BCUT2D eigenvalue weighted by Crippen LogP contribution is 2.39. The van der Waals surface area contributed by atoms with Crippen molar-refractivity contribution in [3.63, 3.8) is 0 Å². The average molecular weight is 262 g/mol. The highest BCUT2D eigenvalue weighted by Gasteiger charge is 2.17. The van der Waals surface area contributed by atoms with Crippen LogP contribution in [0.2, 0.25) is 0 Å². The van der Waals surface area contributed by atoms with Gasteiger partial charge in [-0.25, -0.2) is 4.79 Å². The maximum absolute atomic E-state index is 11.0. The summed E-state index contributed by atoms with van der Waals surface area (Å²) in [6.07, 6.45) is 1.60. The second-order valence-corrected chi connectivity index (χ2v) is 4.82. The van der Waals surface area contributed by atoms with E-state index in [0.29, 0.717) is 0 Å². The van der Waals surface area contributed by atoms with Crippen LogP contribution in [0.5, 0.6) is 0 Å². The molecule has 0 saturated carbocycles. The molecule has 0 spiro atoms. The van der Waals surface area contributed by atoms with Gasteiger partial charge in [0.2, 0.25) is 0 Å². The standard InChI is InChI=1S/C14H14O3S/c1-10-9-18-13-6-4-3-5-11(13)12(10)7-17-8-14(15)16-2/h3-7H,1,8-9H2,2H3/b12-7-. The Morgan fingerprint density at radius 3 is 3.06 bits per heavy atom. The number of benzene rings is 1. The summed E-state index contributed by atoms with van der Waals surface area (Å²) in [6.45, 7) is 3.95. The molecule has 0 fully saturated rings. The van der Waals surface area contributed by atoms with Crippen LogP contribution in [0.15, 0.2) is 47.6 Å². The van der Waals surface area contributed by atoms with E-state index < -0.39 is 5.97 Å². The summed E-state index contributed by atoms with van der Waals surface area (Å²) in [5.74, 6) is 0.445. The second-order valence-electron chi connectivity index (χ2n) is 3.81. The first-order valence-corrected chi connectivity index (χ1v) is 6.50. The van der Waals surface area contributed by atoms with Crippen molar-refractivity contribution >= 4 is 23.3 Å². The molecule has 0 amide bonds. The Balaban J connectivity index is 2.18. The highest BCUT2D eigenvalue weighted by atomic mass is 32.2. The van der Waals surface area contributed by atoms with E-state index in [1.165, 1.54) is 12.0 Å². The van der Waals surface area contributed by atoms with Crippen LogP contribution in [0.25, 0.3) is 5.57 Å². The lowest BCUT2D eigenvalue weighted by atomic mass is 10.0. The van der Waals surface area contributed by atoms with Gasteiger partial charge in [-0.2, -0.15) is 0 Å². The number of allylic oxidation sites excluding steroid dienone is 1. The molecule has 0 atom stereocenters. The molecular weight excluding hydrogens is 248 g/mol. The zero-order valence-electron chi connectivity index (χ0n) is 10.1. The van der Waals surface area contributed by atoms with E-state index in [2.05, 4.69) is 17.4 Å². The molecule has 0 N–H and O–H groups in total. The van der Waals surface area contributed by atoms with Gasteiger partial charge in [-0.3, -0.25) is 0 Å². The molecule has 1 heterocycles. The molecule has 18 heavy (non-hydrogen) atoms. The van der Waals surface area contributed by atoms with E-state index in [0.717, 1.165) is 22.5 Å². The Kier molecular flexibility index (Phi) is 4.10. The molecule has 0 unspecified atom stereocenters. The number of rotatable bonds is 3. The molecule has 0 radical (unpaired) electrons. The minimum Gasteiger partial charge on any atom is -0.489 e. The van der Waals surface area contributed by atoms with Crippen molar-refractivity contribution in [1.29, 1.82) is 0 Å². The van der Waals surface area contributed by atoms with Gasteiger partial charge in [0.25, 0.3) is 0 Å². The molecule has 0 saturated heterocycles. The first-order chi connectivity index (χ1) is 8.72. The lowest BCUT2D eigenvalue weighted by molar-refractivity contribution is -0.143. The lowest BCUT2D eigenvalue weighted by Crippen LogP contribution is -2.08. The number of thioether (sulfide) groups is 1. The molecule has 2 rings (SSSR count). The van der Waals surface area contributed by atoms with Gasteiger partial charge in [-0.05, 0) is 17.2 Å². The van der Waals surface area contributed by atoms with Gasteiger partial charge in [0.15, 0.2) is 6.61 Å². The Morgan fingerprint density at radius 1 is 1.50 bits per heavy atom. The van der Waals surface area contributed by atoms with Gasteiger partial charge in [-0.1, -0.05) is 24.8 Å². The maximum Gasteiger partial charge on any atom is 0.343 e. The van der Waals surface area contributed by atoms with Crippen molar-refractivity contribution in [3.8, 4) is 0 Å². The van der Waals surface area contributed by atoms with Crippen molar-refractivity contribution in [2.24, 2.45) is 0 Å². The fourth-order valence-electron chi connectivity index (χ4n) is 1.65. The van der Waals surface area contributed by atoms with Gasteiger partial charge >= 0.3 is 5.97 Å². The van der Waals surface area contributed by atoms with E-state index >= 15 is 0 Å². The van der Waals surface area contributed by atoms with Crippen molar-refractivity contribution in [1.82, 2.24) is 0 Å². The number of hydrogen-bond donors (Lipinski definition) is 0. The van der Waals surface area contributed by atoms with E-state index in [-0.39, 0.29) is 6.61 Å². The van der Waals surface area contributed by atoms with Crippen LogP contribution in [-0.2, 0) is 14.3 Å². The zero-order valence-corrected chi connectivity index (χ0v) is 11.0. The summed E-state index contributed by atoms with van der Waals surface area (Å²) < 4.78 is 9.76. The number of esters is 1. The topological polar surface area (TPSA) is 35.5 Å². The Morgan fingerprint density at radius 2 is 2.28 bits per heavy atom. The largest absolute Gasteiger partial charge is 0.489 e. The molecule has 0 aromatic heterocycles. The third-order valence-electron chi connectivity index (χ3n) is 2.59. The molecule has 4 heteroatoms. The smallest absolute Gasteiger partial charge is 0.343 e. The monoisotopic (exact) mass is 262 g/mol. The Hall–Kier alpha value is -1.68. The molecule has 1 aliphatic rings. The van der Waals surface area contributed by atoms with E-state index in [1.54, 1.807) is 18.0 Å². The second kappa shape index (κ2) is 5.78. The first-order valence-electron chi connectivity index (χ1n) is 5.51. The van der Waals surface area contributed by atoms with Crippen LogP contribution in [0.1, 0.15) is 5.56 Å². The van der Waals surface area contributed by atoms with E-state index in [4.69, 9.17) is 4.74 Å². The van der Waals surface area contributed by atoms with Crippen molar-refractivity contribution in [2.45, 2.75) is 4.90 Å². The number of fused-ring (bicyclic) bond motifs is 1. The maximum atomic E-state index is 11.0. The summed E-state index contributed by atoms with van der Waals surface area (Å²) in [5, 5.41) is 0. The molecule has 1 aromatic rings. The predicted octanol–water partition coefficient (Wildman–Crippen LogP) is 2.88. The van der Waals surface area contributed by atoms with Crippen LogP contribution in [0.3, 0.4) is 0 Å². The van der Waals surface area contributed by atoms with Crippen LogP contribution < -0.4 is 0 Å². The summed E-state index contributed by atoms with van der Waals surface area (Å²) in [6, 6.07) is 8.08. The minimum atomic E-state index is -0.393. The molecule has 94 valence electrons. The highest BCUT2D eigenvalue weighted by molar-refractivity contribution is 7.99. The number of methoxy groups -OCH3 is 1. The minimum absolute atomic E-state index is 0.0808. The van der Waals surface area contributed by atoms with Crippen molar-refractivity contribution < 1.29 is 14.3 Å². The molecule has 1 aromatic carbocycles. The van der Waals surface area contributed by atoms with Gasteiger partial charge in [0, 0.05) is 16.2 Å². The van der Waals surface area contributed by atoms with Crippen molar-refractivity contribution in [3.05, 3.63) is 48.2 Å². The SMILES string of the molecule is C=C1CSc2ccccc2/C1=C\OCC(=O)OC. The van der Waals surface area contributed by atoms with Gasteiger partial charge in [0.1, 0.15) is 0 Å². The summed E-state index contributed by atoms with van der Waals surface area (Å²) in [4.78, 5) is 12.2. The third kappa shape index (κ3) is 2.76. The number of hydrogen-bond acceptors (Lipinski definition) is 4. The fourth-order valence-corrected chi connectivity index (χ4v) is 2.64. The van der Waals surface area contributed by atoms with Crippen LogP contribution in [0, 0.1) is 0 Å².